The first-order chi connectivity index (χ1) is 21.7. The second-order valence-electron chi connectivity index (χ2n) is 11.2. The number of hydrogen-bond donors (Lipinski definition) is 6. The number of rotatable bonds is 7. The molecule has 1 aliphatic carbocycles. The first-order valence-corrected chi connectivity index (χ1v) is 14.4. The van der Waals surface area contributed by atoms with E-state index in [-0.39, 0.29) is 35.3 Å². The van der Waals surface area contributed by atoms with Crippen LogP contribution < -0.4 is 49.2 Å². The van der Waals surface area contributed by atoms with Gasteiger partial charge in [0.25, 0.3) is 22.7 Å². The van der Waals surface area contributed by atoms with E-state index in [1.165, 1.54) is 12.4 Å². The fourth-order valence-electron chi connectivity index (χ4n) is 6.20. The maximum absolute atomic E-state index is 13.2. The van der Waals surface area contributed by atoms with Gasteiger partial charge in [-0.05, 0) is 59.6 Å². The van der Waals surface area contributed by atoms with E-state index < -0.39 is 22.7 Å². The Labute approximate surface area is 257 Å². The number of aromatic nitrogens is 2. The van der Waals surface area contributed by atoms with Crippen molar-refractivity contribution in [2.24, 2.45) is 16.8 Å². The minimum atomic E-state index is -0.635. The lowest BCUT2D eigenvalue weighted by Gasteiger charge is -2.32. The number of amidine groups is 1. The Morgan fingerprint density at radius 3 is 2.53 bits per heavy atom. The number of nitrogen functional groups attached to an aromatic ring is 1. The van der Waals surface area contributed by atoms with Crippen molar-refractivity contribution in [3.8, 4) is 0 Å². The van der Waals surface area contributed by atoms with E-state index in [1.807, 2.05) is 42.2 Å². The highest BCUT2D eigenvalue weighted by Crippen LogP contribution is 2.35. The van der Waals surface area contributed by atoms with Crippen molar-refractivity contribution in [2.75, 3.05) is 17.2 Å². The molecule has 0 saturated carbocycles. The highest BCUT2D eigenvalue weighted by molar-refractivity contribution is 6.00. The van der Waals surface area contributed by atoms with Gasteiger partial charge in [0, 0.05) is 31.3 Å². The molecular weight excluding hydrogens is 576 g/mol. The molecule has 2 heterocycles. The smallest absolute Gasteiger partial charge is 0.270 e. The summed E-state index contributed by atoms with van der Waals surface area (Å²) < 4.78 is 0. The fourth-order valence-corrected chi connectivity index (χ4v) is 6.20. The largest absolute Gasteiger partial charge is 0.394 e. The summed E-state index contributed by atoms with van der Waals surface area (Å²) in [5.74, 6) is 10.5. The van der Waals surface area contributed by atoms with Gasteiger partial charge in [0.2, 0.25) is 0 Å². The molecule has 1 aliphatic heterocycles. The van der Waals surface area contributed by atoms with Crippen LogP contribution in [-0.4, -0.2) is 34.2 Å². The Balaban J connectivity index is 1.09. The van der Waals surface area contributed by atoms with Crippen LogP contribution in [0.4, 0.5) is 11.4 Å². The minimum Gasteiger partial charge on any atom is -0.394 e. The van der Waals surface area contributed by atoms with Gasteiger partial charge < -0.3 is 32.5 Å². The van der Waals surface area contributed by atoms with Gasteiger partial charge in [-0.15, -0.1) is 0 Å². The van der Waals surface area contributed by atoms with Gasteiger partial charge in [-0.3, -0.25) is 19.2 Å². The number of nitrogens with zero attached hydrogens (tertiary/aromatic N) is 4. The Morgan fingerprint density at radius 1 is 1.02 bits per heavy atom. The van der Waals surface area contributed by atoms with Crippen LogP contribution >= 0.6 is 0 Å². The Hall–Kier alpha value is -5.63. The normalized spacial score (nSPS) is 15.8. The predicted molar refractivity (Wildman–Crippen MR) is 168 cm³/mol. The number of amides is 2. The SMILES string of the molecule is Cc1c(/C(=N/N)NN)ccc2c1CCC2NC(=O)c1cc(C(=O)NCc2ccc3c(c2)CN(c2c(N)c(=O)c2=O)CC3)ncn1. The van der Waals surface area contributed by atoms with E-state index in [4.69, 9.17) is 17.4 Å². The van der Waals surface area contributed by atoms with E-state index in [1.54, 1.807) is 0 Å². The van der Waals surface area contributed by atoms with Crippen LogP contribution in [0.3, 0.4) is 0 Å². The molecule has 6 rings (SSSR count). The highest BCUT2D eigenvalue weighted by Gasteiger charge is 2.29. The average Bonchev–Trinajstić information content (AvgIpc) is 3.48. The van der Waals surface area contributed by atoms with E-state index in [2.05, 4.69) is 31.1 Å². The molecular formula is C31H32N10O4. The Bertz CT molecular complexity index is 1950. The summed E-state index contributed by atoms with van der Waals surface area (Å²) in [6.45, 7) is 3.21. The number of anilines is 2. The number of carbonyl (C=O) groups is 2. The maximum atomic E-state index is 13.2. The summed E-state index contributed by atoms with van der Waals surface area (Å²) in [5.41, 5.74) is 14.3. The Kier molecular flexibility index (Phi) is 7.72. The lowest BCUT2D eigenvalue weighted by atomic mass is 9.96. The molecule has 4 aromatic rings. The summed E-state index contributed by atoms with van der Waals surface area (Å²) in [4.78, 5) is 59.7. The zero-order valence-corrected chi connectivity index (χ0v) is 24.5. The third-order valence-corrected chi connectivity index (χ3v) is 8.63. The molecule has 0 bridgehead atoms. The van der Waals surface area contributed by atoms with Crippen molar-refractivity contribution in [1.82, 2.24) is 26.0 Å². The van der Waals surface area contributed by atoms with Crippen LogP contribution in [0.25, 0.3) is 0 Å². The molecule has 9 N–H and O–H groups in total. The molecule has 3 aromatic carbocycles. The van der Waals surface area contributed by atoms with E-state index in [0.29, 0.717) is 31.8 Å². The van der Waals surface area contributed by atoms with Crippen LogP contribution in [0, 0.1) is 6.92 Å². The molecule has 2 aliphatic rings. The van der Waals surface area contributed by atoms with Gasteiger partial charge in [-0.2, -0.15) is 5.10 Å². The lowest BCUT2D eigenvalue weighted by molar-refractivity contribution is 0.0931. The number of hydrazine groups is 1. The molecule has 1 atom stereocenters. The summed E-state index contributed by atoms with van der Waals surface area (Å²) in [6, 6.07) is 10.8. The number of hydrazone groups is 1. The molecule has 0 saturated heterocycles. The highest BCUT2D eigenvalue weighted by atomic mass is 16.2. The monoisotopic (exact) mass is 608 g/mol. The molecule has 14 nitrogen and oxygen atoms in total. The first kappa shape index (κ1) is 29.4. The van der Waals surface area contributed by atoms with E-state index >= 15 is 0 Å². The van der Waals surface area contributed by atoms with Crippen molar-refractivity contribution < 1.29 is 9.59 Å². The molecule has 45 heavy (non-hydrogen) atoms. The molecule has 1 aromatic heterocycles. The third-order valence-electron chi connectivity index (χ3n) is 8.63. The summed E-state index contributed by atoms with van der Waals surface area (Å²) in [6.07, 6.45) is 3.35. The van der Waals surface area contributed by atoms with E-state index in [0.717, 1.165) is 45.4 Å². The standard InChI is InChI=1S/C31H32N10O4/c1-15-19-6-7-22(21(19)5-4-20(15)29(39-33)40-34)38-31(45)24-11-23(36-14-37-24)30(44)35-12-16-2-3-17-8-9-41(13-18(17)10-16)26-25(32)27(42)28(26)43/h2-5,10-11,14,22H,6-9,12-13,32-34H2,1H3,(H,35,44)(H,38,45)(H,39,40). The minimum absolute atomic E-state index is 0.0134. The zero-order valence-electron chi connectivity index (χ0n) is 24.5. The van der Waals surface area contributed by atoms with E-state index in [9.17, 15) is 19.2 Å². The van der Waals surface area contributed by atoms with Crippen molar-refractivity contribution in [3.05, 3.63) is 114 Å². The molecule has 1 unspecified atom stereocenters. The molecule has 14 heteroatoms. The maximum Gasteiger partial charge on any atom is 0.270 e. The lowest BCUT2D eigenvalue weighted by Crippen LogP contribution is -2.44. The molecule has 0 fully saturated rings. The van der Waals surface area contributed by atoms with Crippen LogP contribution in [-0.2, 0) is 25.9 Å². The van der Waals surface area contributed by atoms with Crippen LogP contribution in [0.2, 0.25) is 0 Å². The second-order valence-corrected chi connectivity index (χ2v) is 11.2. The zero-order chi connectivity index (χ0) is 31.8. The first-order valence-electron chi connectivity index (χ1n) is 14.4. The van der Waals surface area contributed by atoms with Crippen molar-refractivity contribution in [1.29, 1.82) is 0 Å². The number of fused-ring (bicyclic) bond motifs is 2. The number of hydrogen-bond acceptors (Lipinski definition) is 11. The quantitative estimate of drug-likeness (QED) is 0.0536. The second kappa shape index (κ2) is 11.8. The number of benzene rings is 2. The molecule has 230 valence electrons. The van der Waals surface area contributed by atoms with Crippen molar-refractivity contribution in [2.45, 2.75) is 45.3 Å². The number of carbonyl (C=O) groups excluding carboxylic acids is 2. The predicted octanol–water partition coefficient (Wildman–Crippen LogP) is -0.0432. The summed E-state index contributed by atoms with van der Waals surface area (Å²) in [7, 11) is 0. The van der Waals surface area contributed by atoms with Crippen molar-refractivity contribution >= 4 is 29.0 Å². The summed E-state index contributed by atoms with van der Waals surface area (Å²) in [5, 5.41) is 9.57. The van der Waals surface area contributed by atoms with Gasteiger partial charge >= 0.3 is 0 Å². The average molecular weight is 609 g/mol. The van der Waals surface area contributed by atoms with Crippen molar-refractivity contribution in [3.63, 3.8) is 0 Å². The topological polar surface area (TPSA) is 224 Å². The van der Waals surface area contributed by atoms with Crippen LogP contribution in [0.1, 0.15) is 72.4 Å². The molecule has 2 amide bonds. The summed E-state index contributed by atoms with van der Waals surface area (Å²) >= 11 is 0. The van der Waals surface area contributed by atoms with Gasteiger partial charge in [0.1, 0.15) is 29.1 Å². The van der Waals surface area contributed by atoms with Gasteiger partial charge in [-0.1, -0.05) is 30.3 Å². The molecule has 0 spiro atoms. The van der Waals surface area contributed by atoms with Crippen LogP contribution in [0.5, 0.6) is 0 Å². The van der Waals surface area contributed by atoms with Gasteiger partial charge in [0.15, 0.2) is 5.84 Å². The van der Waals surface area contributed by atoms with Gasteiger partial charge in [-0.25, -0.2) is 15.8 Å². The van der Waals surface area contributed by atoms with Crippen LogP contribution in [0.15, 0.2) is 57.4 Å². The molecule has 0 radical (unpaired) electrons. The van der Waals surface area contributed by atoms with Gasteiger partial charge in [0.05, 0.1) is 6.04 Å². The number of nitrogens with one attached hydrogen (secondary N) is 3. The number of nitrogens with two attached hydrogens (primary N) is 3. The Morgan fingerprint density at radius 2 is 1.80 bits per heavy atom. The third kappa shape index (κ3) is 5.35. The fraction of sp³-hybridized carbons (Fsp3) is 0.258.